The standard InChI is InChI=1S/C18H11ClN2OS/c1-10-2-5-15-11(6-10)7-16(22-15)13-9-21-14-4-3-12(19)8-17(14)23-18(21)20-13/h2-9H,1H3. The Morgan fingerprint density at radius 2 is 2.04 bits per heavy atom. The lowest BCUT2D eigenvalue weighted by atomic mass is 10.2. The molecule has 3 aromatic heterocycles. The number of nitrogens with zero attached hydrogens (tertiary/aromatic N) is 2. The van der Waals surface area contributed by atoms with Crippen molar-refractivity contribution in [2.45, 2.75) is 6.92 Å². The highest BCUT2D eigenvalue weighted by Crippen LogP contribution is 2.33. The Hall–Kier alpha value is -2.30. The molecule has 0 aliphatic carbocycles. The molecule has 0 saturated carbocycles. The van der Waals surface area contributed by atoms with Crippen molar-refractivity contribution in [2.24, 2.45) is 0 Å². The number of aryl methyl sites for hydroxylation is 1. The third-order valence-electron chi connectivity index (χ3n) is 3.98. The maximum atomic E-state index is 6.06. The number of hydrogen-bond acceptors (Lipinski definition) is 3. The van der Waals surface area contributed by atoms with Crippen molar-refractivity contribution in [1.82, 2.24) is 9.38 Å². The molecule has 23 heavy (non-hydrogen) atoms. The van der Waals surface area contributed by atoms with Gasteiger partial charge in [-0.3, -0.25) is 4.40 Å². The average Bonchev–Trinajstić information content (AvgIpc) is 3.17. The maximum absolute atomic E-state index is 6.06. The van der Waals surface area contributed by atoms with Crippen LogP contribution < -0.4 is 0 Å². The van der Waals surface area contributed by atoms with Crippen LogP contribution in [-0.2, 0) is 0 Å². The van der Waals surface area contributed by atoms with Crippen molar-refractivity contribution in [3.8, 4) is 11.5 Å². The van der Waals surface area contributed by atoms with Gasteiger partial charge in [0.15, 0.2) is 10.7 Å². The molecule has 0 saturated heterocycles. The zero-order chi connectivity index (χ0) is 15.6. The van der Waals surface area contributed by atoms with Crippen molar-refractivity contribution in [2.75, 3.05) is 0 Å². The third-order valence-corrected chi connectivity index (χ3v) is 5.23. The summed E-state index contributed by atoms with van der Waals surface area (Å²) in [5.41, 5.74) is 4.07. The molecule has 0 amide bonds. The second kappa shape index (κ2) is 4.60. The molecule has 5 rings (SSSR count). The molecule has 0 radical (unpaired) electrons. The van der Waals surface area contributed by atoms with Gasteiger partial charge < -0.3 is 4.42 Å². The van der Waals surface area contributed by atoms with Gasteiger partial charge in [-0.15, -0.1) is 0 Å². The van der Waals surface area contributed by atoms with Gasteiger partial charge >= 0.3 is 0 Å². The Kier molecular flexibility index (Phi) is 2.63. The van der Waals surface area contributed by atoms with Crippen molar-refractivity contribution in [1.29, 1.82) is 0 Å². The van der Waals surface area contributed by atoms with Crippen LogP contribution in [0.4, 0.5) is 0 Å². The number of furan rings is 1. The van der Waals surface area contributed by atoms with E-state index in [0.29, 0.717) is 0 Å². The van der Waals surface area contributed by atoms with Crippen LogP contribution in [0, 0.1) is 6.92 Å². The summed E-state index contributed by atoms with van der Waals surface area (Å²) in [6, 6.07) is 14.1. The summed E-state index contributed by atoms with van der Waals surface area (Å²) in [4.78, 5) is 5.65. The largest absolute Gasteiger partial charge is 0.454 e. The molecule has 3 heterocycles. The number of imidazole rings is 1. The van der Waals surface area contributed by atoms with Crippen LogP contribution in [0.1, 0.15) is 5.56 Å². The predicted octanol–water partition coefficient (Wildman–Crippen LogP) is 5.92. The van der Waals surface area contributed by atoms with Gasteiger partial charge in [0, 0.05) is 16.6 Å². The number of halogens is 1. The molecule has 0 aliphatic heterocycles. The summed E-state index contributed by atoms with van der Waals surface area (Å²) >= 11 is 7.69. The highest BCUT2D eigenvalue weighted by molar-refractivity contribution is 7.23. The van der Waals surface area contributed by atoms with Gasteiger partial charge in [0.2, 0.25) is 0 Å². The molecule has 0 aliphatic rings. The van der Waals surface area contributed by atoms with Gasteiger partial charge in [0.25, 0.3) is 0 Å². The van der Waals surface area contributed by atoms with Crippen LogP contribution in [-0.4, -0.2) is 9.38 Å². The molecular weight excluding hydrogens is 328 g/mol. The minimum Gasteiger partial charge on any atom is -0.454 e. The van der Waals surface area contributed by atoms with Crippen molar-refractivity contribution in [3.05, 3.63) is 59.2 Å². The SMILES string of the molecule is Cc1ccc2oc(-c3cn4c(n3)sc3cc(Cl)ccc34)cc2c1. The molecule has 2 aromatic carbocycles. The monoisotopic (exact) mass is 338 g/mol. The first-order valence-electron chi connectivity index (χ1n) is 7.25. The topological polar surface area (TPSA) is 30.4 Å². The zero-order valence-corrected chi connectivity index (χ0v) is 13.8. The Labute approximate surface area is 140 Å². The summed E-state index contributed by atoms with van der Waals surface area (Å²) in [5, 5.41) is 1.85. The smallest absolute Gasteiger partial charge is 0.195 e. The van der Waals surface area contributed by atoms with E-state index in [4.69, 9.17) is 21.0 Å². The van der Waals surface area contributed by atoms with Crippen molar-refractivity contribution in [3.63, 3.8) is 0 Å². The highest BCUT2D eigenvalue weighted by atomic mass is 35.5. The molecule has 0 unspecified atom stereocenters. The Balaban J connectivity index is 1.72. The van der Waals surface area contributed by atoms with Gasteiger partial charge in [-0.25, -0.2) is 4.98 Å². The lowest BCUT2D eigenvalue weighted by Crippen LogP contribution is -1.76. The third kappa shape index (κ3) is 1.99. The van der Waals surface area contributed by atoms with Crippen LogP contribution >= 0.6 is 22.9 Å². The fourth-order valence-corrected chi connectivity index (χ4v) is 4.17. The van der Waals surface area contributed by atoms with E-state index in [9.17, 15) is 0 Å². The van der Waals surface area contributed by atoms with Gasteiger partial charge in [-0.2, -0.15) is 0 Å². The number of rotatable bonds is 1. The molecule has 0 N–H and O–H groups in total. The van der Waals surface area contributed by atoms with Gasteiger partial charge in [-0.1, -0.05) is 34.6 Å². The minimum absolute atomic E-state index is 0.745. The Morgan fingerprint density at radius 1 is 1.13 bits per heavy atom. The fourth-order valence-electron chi connectivity index (χ4n) is 2.88. The van der Waals surface area contributed by atoms with Gasteiger partial charge in [0.1, 0.15) is 11.3 Å². The first-order chi connectivity index (χ1) is 11.2. The van der Waals surface area contributed by atoms with E-state index in [-0.39, 0.29) is 0 Å². The molecule has 112 valence electrons. The Morgan fingerprint density at radius 3 is 2.96 bits per heavy atom. The van der Waals surface area contributed by atoms with E-state index < -0.39 is 0 Å². The Bertz CT molecular complexity index is 1200. The number of thiazole rings is 1. The molecule has 0 fully saturated rings. The molecule has 0 atom stereocenters. The zero-order valence-electron chi connectivity index (χ0n) is 12.2. The second-order valence-corrected chi connectivity index (χ2v) is 7.09. The summed E-state index contributed by atoms with van der Waals surface area (Å²) in [7, 11) is 0. The number of fused-ring (bicyclic) bond motifs is 4. The van der Waals surface area contributed by atoms with E-state index in [1.807, 2.05) is 36.5 Å². The number of aromatic nitrogens is 2. The van der Waals surface area contributed by atoms with E-state index in [1.165, 1.54) is 5.56 Å². The molecule has 0 spiro atoms. The first kappa shape index (κ1) is 13.2. The van der Waals surface area contributed by atoms with Crippen LogP contribution in [0.2, 0.25) is 5.02 Å². The minimum atomic E-state index is 0.745. The van der Waals surface area contributed by atoms with E-state index >= 15 is 0 Å². The number of hydrogen-bond donors (Lipinski definition) is 0. The average molecular weight is 339 g/mol. The summed E-state index contributed by atoms with van der Waals surface area (Å²) in [6.45, 7) is 2.08. The summed E-state index contributed by atoms with van der Waals surface area (Å²) in [5.74, 6) is 0.795. The van der Waals surface area contributed by atoms with Crippen molar-refractivity contribution < 1.29 is 4.42 Å². The lowest BCUT2D eigenvalue weighted by Gasteiger charge is -1.92. The molecule has 0 bridgehead atoms. The summed E-state index contributed by atoms with van der Waals surface area (Å²) < 4.78 is 9.17. The summed E-state index contributed by atoms with van der Waals surface area (Å²) in [6.07, 6.45) is 2.02. The quantitative estimate of drug-likeness (QED) is 0.379. The van der Waals surface area contributed by atoms with Crippen LogP contribution in [0.3, 0.4) is 0 Å². The molecule has 5 heteroatoms. The molecule has 3 nitrogen and oxygen atoms in total. The maximum Gasteiger partial charge on any atom is 0.195 e. The first-order valence-corrected chi connectivity index (χ1v) is 8.44. The predicted molar refractivity (Wildman–Crippen MR) is 95.5 cm³/mol. The van der Waals surface area contributed by atoms with E-state index in [1.54, 1.807) is 11.3 Å². The van der Waals surface area contributed by atoms with Crippen LogP contribution in [0.25, 0.3) is 37.6 Å². The number of benzene rings is 2. The van der Waals surface area contributed by atoms with Crippen LogP contribution in [0.15, 0.2) is 53.1 Å². The molecule has 5 aromatic rings. The van der Waals surface area contributed by atoms with E-state index in [2.05, 4.69) is 23.5 Å². The second-order valence-electron chi connectivity index (χ2n) is 5.64. The van der Waals surface area contributed by atoms with E-state index in [0.717, 1.165) is 42.6 Å². The molecular formula is C18H11ClN2OS. The van der Waals surface area contributed by atoms with Gasteiger partial charge in [-0.05, 0) is 43.3 Å². The highest BCUT2D eigenvalue weighted by Gasteiger charge is 2.13. The van der Waals surface area contributed by atoms with Gasteiger partial charge in [0.05, 0.1) is 10.2 Å². The lowest BCUT2D eigenvalue weighted by molar-refractivity contribution is 0.629. The fraction of sp³-hybridized carbons (Fsp3) is 0.0556. The van der Waals surface area contributed by atoms with Crippen molar-refractivity contribution >= 4 is 49.1 Å². The van der Waals surface area contributed by atoms with Crippen LogP contribution in [0.5, 0.6) is 0 Å². The normalized spacial score (nSPS) is 11.9.